The predicted molar refractivity (Wildman–Crippen MR) is 142 cm³/mol. The van der Waals surface area contributed by atoms with Gasteiger partial charge < -0.3 is 19.9 Å². The minimum atomic E-state index is -0.942. The molecule has 4 aromatic rings. The molecule has 4 heterocycles. The van der Waals surface area contributed by atoms with E-state index in [1.165, 1.54) is 0 Å². The Labute approximate surface area is 215 Å². The molecular weight excluding hydrogens is 470 g/mol. The summed E-state index contributed by atoms with van der Waals surface area (Å²) in [4.78, 5) is 22.8. The van der Waals surface area contributed by atoms with E-state index in [0.29, 0.717) is 11.7 Å². The fourth-order valence-corrected chi connectivity index (χ4v) is 5.35. The van der Waals surface area contributed by atoms with Gasteiger partial charge in [-0.2, -0.15) is 0 Å². The average Bonchev–Trinajstić information content (AvgIpc) is 3.35. The lowest BCUT2D eigenvalue weighted by Crippen LogP contribution is -2.29. The Hall–Kier alpha value is -4.04. The van der Waals surface area contributed by atoms with Crippen molar-refractivity contribution < 1.29 is 9.90 Å². The number of carboxylic acids is 1. The lowest BCUT2D eigenvalue weighted by atomic mass is 9.96. The van der Waals surface area contributed by atoms with Gasteiger partial charge in [0.05, 0.1) is 23.3 Å². The number of hydrogen-bond acceptors (Lipinski definition) is 4. The third-order valence-electron chi connectivity index (χ3n) is 6.76. The molecule has 1 saturated heterocycles. The highest BCUT2D eigenvalue weighted by molar-refractivity contribution is 7.80. The van der Waals surface area contributed by atoms with Crippen LogP contribution >= 0.6 is 12.2 Å². The second kappa shape index (κ2) is 9.54. The zero-order valence-electron chi connectivity index (χ0n) is 20.3. The number of aromatic nitrogens is 3. The SMILES string of the molecule is Cc1ccc(C(=O)O)cc1-n1c(C)cc([C@H]2[C@@H](c3ccccn3)NC(=S)N2Cc2cccnc2)c1C. The van der Waals surface area contributed by atoms with Gasteiger partial charge in [-0.25, -0.2) is 4.79 Å². The summed E-state index contributed by atoms with van der Waals surface area (Å²) < 4.78 is 2.14. The average molecular weight is 498 g/mol. The van der Waals surface area contributed by atoms with Gasteiger partial charge in [-0.3, -0.25) is 9.97 Å². The van der Waals surface area contributed by atoms with Gasteiger partial charge in [-0.15, -0.1) is 0 Å². The molecule has 1 aliphatic rings. The standard InChI is InChI=1S/C28H27N5O2S/c1-17-9-10-21(27(34)35)14-24(17)33-18(2)13-22(19(33)3)26-25(23-8-4-5-12-30-23)31-28(36)32(26)16-20-7-6-11-29-15-20/h4-15,25-26H,16H2,1-3H3,(H,31,36)(H,34,35)/t25-,26+/m1/s1. The molecule has 0 amide bonds. The highest BCUT2D eigenvalue weighted by Gasteiger charge is 2.41. The van der Waals surface area contributed by atoms with Crippen LogP contribution in [0.5, 0.6) is 0 Å². The molecule has 3 aromatic heterocycles. The highest BCUT2D eigenvalue weighted by atomic mass is 32.1. The van der Waals surface area contributed by atoms with Crippen LogP contribution in [0.1, 0.15) is 56.2 Å². The van der Waals surface area contributed by atoms with Crippen molar-refractivity contribution in [2.24, 2.45) is 0 Å². The van der Waals surface area contributed by atoms with Crippen molar-refractivity contribution in [2.45, 2.75) is 39.4 Å². The molecule has 0 unspecified atom stereocenters. The quantitative estimate of drug-likeness (QED) is 0.360. The monoisotopic (exact) mass is 497 g/mol. The third-order valence-corrected chi connectivity index (χ3v) is 7.11. The molecule has 0 bridgehead atoms. The Morgan fingerprint density at radius 1 is 1.08 bits per heavy atom. The number of hydrogen-bond donors (Lipinski definition) is 2. The van der Waals surface area contributed by atoms with Gasteiger partial charge >= 0.3 is 5.97 Å². The maximum Gasteiger partial charge on any atom is 0.335 e. The van der Waals surface area contributed by atoms with Crippen LogP contribution in [0.4, 0.5) is 0 Å². The summed E-state index contributed by atoms with van der Waals surface area (Å²) in [7, 11) is 0. The number of carboxylic acid groups (broad SMARTS) is 1. The van der Waals surface area contributed by atoms with Crippen molar-refractivity contribution in [1.82, 2.24) is 24.8 Å². The third kappa shape index (κ3) is 4.24. The van der Waals surface area contributed by atoms with Crippen LogP contribution in [0, 0.1) is 20.8 Å². The summed E-state index contributed by atoms with van der Waals surface area (Å²) in [5.74, 6) is -0.942. The van der Waals surface area contributed by atoms with Crippen LogP contribution in [0.2, 0.25) is 0 Å². The number of aryl methyl sites for hydroxylation is 2. The fraction of sp³-hybridized carbons (Fsp3) is 0.214. The minimum Gasteiger partial charge on any atom is -0.478 e. The molecule has 0 radical (unpaired) electrons. The Bertz CT molecular complexity index is 1440. The van der Waals surface area contributed by atoms with Gasteiger partial charge in [0.1, 0.15) is 0 Å². The van der Waals surface area contributed by atoms with E-state index in [4.69, 9.17) is 12.2 Å². The zero-order valence-corrected chi connectivity index (χ0v) is 21.2. The first-order valence-electron chi connectivity index (χ1n) is 11.7. The summed E-state index contributed by atoms with van der Waals surface area (Å²) >= 11 is 5.83. The lowest BCUT2D eigenvalue weighted by molar-refractivity contribution is 0.0697. The molecule has 36 heavy (non-hydrogen) atoms. The van der Waals surface area contributed by atoms with E-state index in [9.17, 15) is 9.90 Å². The van der Waals surface area contributed by atoms with Crippen molar-refractivity contribution in [3.63, 3.8) is 0 Å². The molecule has 2 N–H and O–H groups in total. The van der Waals surface area contributed by atoms with Crippen LogP contribution in [0.3, 0.4) is 0 Å². The van der Waals surface area contributed by atoms with E-state index in [0.717, 1.165) is 39.5 Å². The van der Waals surface area contributed by atoms with Gasteiger partial charge in [0.25, 0.3) is 0 Å². The highest BCUT2D eigenvalue weighted by Crippen LogP contribution is 2.42. The maximum atomic E-state index is 11.7. The van der Waals surface area contributed by atoms with Crippen molar-refractivity contribution in [2.75, 3.05) is 0 Å². The van der Waals surface area contributed by atoms with Crippen molar-refractivity contribution in [1.29, 1.82) is 0 Å². The molecule has 8 heteroatoms. The topological polar surface area (TPSA) is 83.3 Å². The van der Waals surface area contributed by atoms with E-state index in [2.05, 4.69) is 37.7 Å². The van der Waals surface area contributed by atoms with E-state index < -0.39 is 5.97 Å². The Kier molecular flexibility index (Phi) is 6.28. The first-order chi connectivity index (χ1) is 17.3. The predicted octanol–water partition coefficient (Wildman–Crippen LogP) is 5.06. The van der Waals surface area contributed by atoms with E-state index in [1.807, 2.05) is 56.4 Å². The molecule has 0 saturated carbocycles. The first-order valence-corrected chi connectivity index (χ1v) is 12.2. The van der Waals surface area contributed by atoms with E-state index in [-0.39, 0.29) is 17.6 Å². The zero-order chi connectivity index (χ0) is 25.4. The number of aromatic carboxylic acids is 1. The Morgan fingerprint density at radius 2 is 1.92 bits per heavy atom. The van der Waals surface area contributed by atoms with Crippen molar-refractivity contribution >= 4 is 23.3 Å². The molecule has 5 rings (SSSR count). The van der Waals surface area contributed by atoms with Crippen LogP contribution in [-0.2, 0) is 6.54 Å². The number of benzene rings is 1. The molecule has 2 atom stereocenters. The van der Waals surface area contributed by atoms with Gasteiger partial charge in [0.2, 0.25) is 0 Å². The molecule has 0 aliphatic carbocycles. The van der Waals surface area contributed by atoms with Crippen LogP contribution < -0.4 is 5.32 Å². The van der Waals surface area contributed by atoms with Crippen LogP contribution in [0.15, 0.2) is 73.2 Å². The minimum absolute atomic E-state index is 0.115. The number of rotatable bonds is 6. The van der Waals surface area contributed by atoms with Gasteiger partial charge in [-0.1, -0.05) is 18.2 Å². The molecule has 1 aliphatic heterocycles. The lowest BCUT2D eigenvalue weighted by Gasteiger charge is -2.28. The van der Waals surface area contributed by atoms with Crippen LogP contribution in [-0.4, -0.2) is 35.6 Å². The largest absolute Gasteiger partial charge is 0.478 e. The molecule has 0 spiro atoms. The second-order valence-electron chi connectivity index (χ2n) is 9.08. The summed E-state index contributed by atoms with van der Waals surface area (Å²) in [6.07, 6.45) is 5.42. The summed E-state index contributed by atoms with van der Waals surface area (Å²) in [5, 5.41) is 13.7. The maximum absolute atomic E-state index is 11.7. The number of nitrogens with zero attached hydrogens (tertiary/aromatic N) is 4. The van der Waals surface area contributed by atoms with E-state index in [1.54, 1.807) is 24.5 Å². The first kappa shape index (κ1) is 23.7. The molecular formula is C28H27N5O2S. The van der Waals surface area contributed by atoms with E-state index >= 15 is 0 Å². The normalized spacial score (nSPS) is 17.3. The number of carbonyl (C=O) groups is 1. The Balaban J connectivity index is 1.64. The molecule has 1 aromatic carbocycles. The summed E-state index contributed by atoms with van der Waals surface area (Å²) in [6.45, 7) is 6.72. The smallest absolute Gasteiger partial charge is 0.335 e. The van der Waals surface area contributed by atoms with Gasteiger partial charge in [0.15, 0.2) is 5.11 Å². The molecule has 1 fully saturated rings. The summed E-state index contributed by atoms with van der Waals surface area (Å²) in [6, 6.07) is 17.0. The van der Waals surface area contributed by atoms with Crippen molar-refractivity contribution in [3.8, 4) is 5.69 Å². The second-order valence-corrected chi connectivity index (χ2v) is 9.47. The number of thiocarbonyl (C=S) groups is 1. The number of pyridine rings is 2. The fourth-order valence-electron chi connectivity index (χ4n) is 5.04. The van der Waals surface area contributed by atoms with Gasteiger partial charge in [0, 0.05) is 42.2 Å². The van der Waals surface area contributed by atoms with Crippen LogP contribution in [0.25, 0.3) is 5.69 Å². The number of nitrogens with one attached hydrogen (secondary N) is 1. The molecule has 7 nitrogen and oxygen atoms in total. The molecule has 182 valence electrons. The Morgan fingerprint density at radius 3 is 2.61 bits per heavy atom. The summed E-state index contributed by atoms with van der Waals surface area (Å²) in [5.41, 5.74) is 7.26. The van der Waals surface area contributed by atoms with Crippen molar-refractivity contribution in [3.05, 3.63) is 113 Å². The van der Waals surface area contributed by atoms with Gasteiger partial charge in [-0.05, 0) is 86.1 Å².